The molecule has 1 saturated carbocycles. The second kappa shape index (κ2) is 8.03. The van der Waals surface area contributed by atoms with Gasteiger partial charge in [-0.05, 0) is 31.4 Å². The number of fused-ring (bicyclic) bond motifs is 1. The van der Waals surface area contributed by atoms with E-state index in [1.165, 1.54) is 0 Å². The summed E-state index contributed by atoms with van der Waals surface area (Å²) >= 11 is 0. The molecule has 2 aromatic carbocycles. The van der Waals surface area contributed by atoms with Crippen molar-refractivity contribution in [3.8, 4) is 0 Å². The molecule has 1 aliphatic rings. The van der Waals surface area contributed by atoms with Crippen LogP contribution in [0.3, 0.4) is 0 Å². The summed E-state index contributed by atoms with van der Waals surface area (Å²) in [6.07, 6.45) is 5.96. The van der Waals surface area contributed by atoms with E-state index in [1.807, 2.05) is 55.5 Å². The number of rotatable bonds is 6. The number of sulfone groups is 1. The SMILES string of the molecule is Cc1ccc(CS(=O)(=O)c2cn(CC(=O)NC3CCCC3)c3ccccc23)cc1. The smallest absolute Gasteiger partial charge is 0.240 e. The first-order valence-corrected chi connectivity index (χ1v) is 11.7. The maximum absolute atomic E-state index is 13.2. The van der Waals surface area contributed by atoms with Gasteiger partial charge in [-0.1, -0.05) is 60.9 Å². The van der Waals surface area contributed by atoms with Crippen molar-refractivity contribution in [1.29, 1.82) is 0 Å². The first kappa shape index (κ1) is 19.7. The number of nitrogens with zero attached hydrogens (tertiary/aromatic N) is 1. The third kappa shape index (κ3) is 4.37. The van der Waals surface area contributed by atoms with Gasteiger partial charge in [-0.25, -0.2) is 8.42 Å². The van der Waals surface area contributed by atoms with Gasteiger partial charge in [0, 0.05) is 23.1 Å². The molecule has 1 N–H and O–H groups in total. The molecule has 0 atom stereocenters. The van der Waals surface area contributed by atoms with Crippen LogP contribution in [0.4, 0.5) is 0 Å². The predicted octanol–water partition coefficient (Wildman–Crippen LogP) is 3.98. The molecule has 29 heavy (non-hydrogen) atoms. The third-order valence-electron chi connectivity index (χ3n) is 5.60. The second-order valence-corrected chi connectivity index (χ2v) is 9.89. The molecule has 152 valence electrons. The molecule has 0 radical (unpaired) electrons. The Bertz CT molecular complexity index is 1120. The molecule has 6 heteroatoms. The average molecular weight is 411 g/mol. The van der Waals surface area contributed by atoms with E-state index in [-0.39, 0.29) is 29.1 Å². The minimum Gasteiger partial charge on any atom is -0.352 e. The zero-order valence-corrected chi connectivity index (χ0v) is 17.4. The fourth-order valence-corrected chi connectivity index (χ4v) is 5.65. The van der Waals surface area contributed by atoms with Crippen LogP contribution in [0.15, 0.2) is 59.6 Å². The monoisotopic (exact) mass is 410 g/mol. The maximum Gasteiger partial charge on any atom is 0.240 e. The van der Waals surface area contributed by atoms with Gasteiger partial charge in [-0.3, -0.25) is 4.79 Å². The van der Waals surface area contributed by atoms with Crippen molar-refractivity contribution < 1.29 is 13.2 Å². The zero-order chi connectivity index (χ0) is 20.4. The fourth-order valence-electron chi connectivity index (χ4n) is 4.07. The molecule has 3 aromatic rings. The van der Waals surface area contributed by atoms with Crippen molar-refractivity contribution in [2.45, 2.75) is 55.8 Å². The van der Waals surface area contributed by atoms with Crippen LogP contribution in [0.25, 0.3) is 10.9 Å². The van der Waals surface area contributed by atoms with E-state index in [1.54, 1.807) is 10.8 Å². The molecule has 1 heterocycles. The molecule has 1 aromatic heterocycles. The standard InChI is InChI=1S/C23H26N2O3S/c1-17-10-12-18(13-11-17)16-29(27,28)22-14-25(21-9-5-4-8-20(21)22)15-23(26)24-19-6-2-3-7-19/h4-5,8-14,19H,2-3,6-7,15-16H2,1H3,(H,24,26). The highest BCUT2D eigenvalue weighted by Gasteiger charge is 2.23. The number of carbonyl (C=O) groups excluding carboxylic acids is 1. The number of aryl methyl sites for hydroxylation is 1. The third-order valence-corrected chi connectivity index (χ3v) is 7.31. The van der Waals surface area contributed by atoms with Crippen LogP contribution in [0.1, 0.15) is 36.8 Å². The molecule has 5 nitrogen and oxygen atoms in total. The van der Waals surface area contributed by atoms with Gasteiger partial charge in [0.1, 0.15) is 6.54 Å². The van der Waals surface area contributed by atoms with Crippen LogP contribution in [0.2, 0.25) is 0 Å². The normalized spacial score (nSPS) is 15.1. The van der Waals surface area contributed by atoms with Crippen LogP contribution in [0, 0.1) is 6.92 Å². The molecule has 1 aliphatic carbocycles. The van der Waals surface area contributed by atoms with Gasteiger partial charge in [-0.15, -0.1) is 0 Å². The number of aromatic nitrogens is 1. The van der Waals surface area contributed by atoms with Crippen molar-refractivity contribution in [1.82, 2.24) is 9.88 Å². The van der Waals surface area contributed by atoms with Crippen molar-refractivity contribution in [2.75, 3.05) is 0 Å². The number of benzene rings is 2. The number of para-hydroxylation sites is 1. The summed E-state index contributed by atoms with van der Waals surface area (Å²) in [5.41, 5.74) is 2.61. The number of amides is 1. The summed E-state index contributed by atoms with van der Waals surface area (Å²) in [6, 6.07) is 15.1. The number of carbonyl (C=O) groups is 1. The van der Waals surface area contributed by atoms with Gasteiger partial charge in [-0.2, -0.15) is 0 Å². The molecule has 0 aliphatic heterocycles. The summed E-state index contributed by atoms with van der Waals surface area (Å²) in [6.45, 7) is 2.10. The van der Waals surface area contributed by atoms with E-state index >= 15 is 0 Å². The van der Waals surface area contributed by atoms with Gasteiger partial charge in [0.2, 0.25) is 5.91 Å². The number of hydrogen-bond acceptors (Lipinski definition) is 3. The Morgan fingerprint density at radius 1 is 1.07 bits per heavy atom. The van der Waals surface area contributed by atoms with Gasteiger partial charge < -0.3 is 9.88 Å². The minimum atomic E-state index is -3.54. The first-order chi connectivity index (χ1) is 13.9. The molecule has 1 amide bonds. The van der Waals surface area contributed by atoms with Gasteiger partial charge >= 0.3 is 0 Å². The Hall–Kier alpha value is -2.60. The van der Waals surface area contributed by atoms with Crippen molar-refractivity contribution in [2.24, 2.45) is 0 Å². The molecular formula is C23H26N2O3S. The second-order valence-electron chi connectivity index (χ2n) is 7.93. The molecule has 0 unspecified atom stereocenters. The lowest BCUT2D eigenvalue weighted by Crippen LogP contribution is -2.35. The quantitative estimate of drug-likeness (QED) is 0.668. The fraction of sp³-hybridized carbons (Fsp3) is 0.348. The van der Waals surface area contributed by atoms with Gasteiger partial charge in [0.05, 0.1) is 10.6 Å². The van der Waals surface area contributed by atoms with Crippen molar-refractivity contribution in [3.05, 3.63) is 65.9 Å². The Morgan fingerprint density at radius 3 is 2.48 bits per heavy atom. The van der Waals surface area contributed by atoms with Crippen LogP contribution in [0.5, 0.6) is 0 Å². The molecular weight excluding hydrogens is 384 g/mol. The Morgan fingerprint density at radius 2 is 1.76 bits per heavy atom. The lowest BCUT2D eigenvalue weighted by Gasteiger charge is -2.12. The topological polar surface area (TPSA) is 68.2 Å². The molecule has 4 rings (SSSR count). The summed E-state index contributed by atoms with van der Waals surface area (Å²) in [5.74, 6) is -0.129. The first-order valence-electron chi connectivity index (χ1n) is 10.1. The number of nitrogens with one attached hydrogen (secondary N) is 1. The van der Waals surface area contributed by atoms with Gasteiger partial charge in [0.15, 0.2) is 9.84 Å². The average Bonchev–Trinajstić information content (AvgIpc) is 3.32. The lowest BCUT2D eigenvalue weighted by molar-refractivity contribution is -0.122. The highest BCUT2D eigenvalue weighted by Crippen LogP contribution is 2.28. The van der Waals surface area contributed by atoms with Crippen molar-refractivity contribution in [3.63, 3.8) is 0 Å². The number of hydrogen-bond donors (Lipinski definition) is 1. The Labute approximate surface area is 171 Å². The van der Waals surface area contributed by atoms with E-state index in [2.05, 4.69) is 5.32 Å². The maximum atomic E-state index is 13.2. The van der Waals surface area contributed by atoms with E-state index in [9.17, 15) is 13.2 Å². The summed E-state index contributed by atoms with van der Waals surface area (Å²) in [4.78, 5) is 12.8. The lowest BCUT2D eigenvalue weighted by atomic mass is 10.2. The van der Waals surface area contributed by atoms with Crippen LogP contribution in [-0.4, -0.2) is 24.9 Å². The van der Waals surface area contributed by atoms with Crippen LogP contribution in [-0.2, 0) is 26.9 Å². The summed E-state index contributed by atoms with van der Waals surface area (Å²) < 4.78 is 28.1. The highest BCUT2D eigenvalue weighted by molar-refractivity contribution is 7.90. The summed E-state index contributed by atoms with van der Waals surface area (Å²) in [5, 5.41) is 3.74. The van der Waals surface area contributed by atoms with Crippen LogP contribution < -0.4 is 5.32 Å². The van der Waals surface area contributed by atoms with E-state index in [4.69, 9.17) is 0 Å². The van der Waals surface area contributed by atoms with E-state index < -0.39 is 9.84 Å². The highest BCUT2D eigenvalue weighted by atomic mass is 32.2. The molecule has 1 fully saturated rings. The summed E-state index contributed by atoms with van der Waals surface area (Å²) in [7, 11) is -3.54. The Kier molecular flexibility index (Phi) is 5.46. The Balaban J connectivity index is 1.62. The zero-order valence-electron chi connectivity index (χ0n) is 16.6. The largest absolute Gasteiger partial charge is 0.352 e. The molecule has 0 saturated heterocycles. The molecule has 0 spiro atoms. The van der Waals surface area contributed by atoms with Crippen LogP contribution >= 0.6 is 0 Å². The molecule has 0 bridgehead atoms. The van der Waals surface area contributed by atoms with E-state index in [0.29, 0.717) is 5.39 Å². The van der Waals surface area contributed by atoms with Gasteiger partial charge in [0.25, 0.3) is 0 Å². The predicted molar refractivity (Wildman–Crippen MR) is 114 cm³/mol. The van der Waals surface area contributed by atoms with E-state index in [0.717, 1.165) is 42.3 Å². The minimum absolute atomic E-state index is 0.0600. The van der Waals surface area contributed by atoms with Crippen molar-refractivity contribution >= 4 is 26.6 Å².